The van der Waals surface area contributed by atoms with Gasteiger partial charge in [-0.25, -0.2) is 22.2 Å². The van der Waals surface area contributed by atoms with E-state index in [-0.39, 0.29) is 9.92 Å². The normalized spacial score (nSPS) is 15.6. The molecule has 1 saturated heterocycles. The van der Waals surface area contributed by atoms with Crippen LogP contribution in [-0.2, 0) is 9.84 Å². The van der Waals surface area contributed by atoms with E-state index in [1.54, 1.807) is 6.07 Å². The summed E-state index contributed by atoms with van der Waals surface area (Å²) in [5.41, 5.74) is 1.29. The Hall–Kier alpha value is -2.03. The highest BCUT2D eigenvalue weighted by atomic mass is 35.5. The number of benzene rings is 2. The van der Waals surface area contributed by atoms with E-state index in [9.17, 15) is 17.2 Å². The van der Waals surface area contributed by atoms with Crippen LogP contribution in [0.2, 0.25) is 5.02 Å². The van der Waals surface area contributed by atoms with Crippen molar-refractivity contribution in [2.45, 2.75) is 23.0 Å². The van der Waals surface area contributed by atoms with E-state index in [1.165, 1.54) is 41.7 Å². The number of sulfone groups is 1. The van der Waals surface area contributed by atoms with Gasteiger partial charge in [-0.2, -0.15) is 0 Å². The molecule has 0 atom stereocenters. The average Bonchev–Trinajstić information content (AvgIpc) is 3.20. The Labute approximate surface area is 176 Å². The van der Waals surface area contributed by atoms with Crippen molar-refractivity contribution >= 4 is 37.9 Å². The number of piperidine rings is 1. The van der Waals surface area contributed by atoms with Gasteiger partial charge in [-0.05, 0) is 43.2 Å². The van der Waals surface area contributed by atoms with Gasteiger partial charge in [0, 0.05) is 24.0 Å². The predicted octanol–water partition coefficient (Wildman–Crippen LogP) is 5.18. The van der Waals surface area contributed by atoms with Crippen molar-refractivity contribution in [1.29, 1.82) is 0 Å². The Morgan fingerprint density at radius 2 is 1.86 bits per heavy atom. The standard InChI is InChI=1S/C20H17ClF2N2O2S2/c21-17-5-4-13(10-18(17)23)19-12-28-20(24-19)25-8-6-15(7-9-25)29(26,27)16-3-1-2-14(22)11-16/h1-5,10-12,15H,6-9H2. The maximum absolute atomic E-state index is 13.7. The maximum Gasteiger partial charge on any atom is 0.185 e. The molecule has 0 radical (unpaired) electrons. The highest BCUT2D eigenvalue weighted by molar-refractivity contribution is 7.92. The first-order valence-corrected chi connectivity index (χ1v) is 11.8. The minimum absolute atomic E-state index is 0.0252. The van der Waals surface area contributed by atoms with Gasteiger partial charge in [-0.15, -0.1) is 11.3 Å². The molecule has 29 heavy (non-hydrogen) atoms. The zero-order valence-electron chi connectivity index (χ0n) is 15.2. The third-order valence-electron chi connectivity index (χ3n) is 4.98. The number of aromatic nitrogens is 1. The zero-order valence-corrected chi connectivity index (χ0v) is 17.6. The van der Waals surface area contributed by atoms with E-state index in [0.29, 0.717) is 37.2 Å². The summed E-state index contributed by atoms with van der Waals surface area (Å²) in [5, 5.41) is 2.11. The molecule has 0 spiro atoms. The van der Waals surface area contributed by atoms with Crippen molar-refractivity contribution < 1.29 is 17.2 Å². The van der Waals surface area contributed by atoms with Gasteiger partial charge in [0.15, 0.2) is 15.0 Å². The fourth-order valence-corrected chi connectivity index (χ4v) is 6.16. The Morgan fingerprint density at radius 3 is 2.55 bits per heavy atom. The highest BCUT2D eigenvalue weighted by Crippen LogP contribution is 2.32. The summed E-state index contributed by atoms with van der Waals surface area (Å²) in [6.07, 6.45) is 0.868. The molecule has 152 valence electrons. The van der Waals surface area contributed by atoms with E-state index >= 15 is 0 Å². The molecule has 3 aromatic rings. The second-order valence-electron chi connectivity index (χ2n) is 6.83. The van der Waals surface area contributed by atoms with Gasteiger partial charge in [0.05, 0.1) is 20.9 Å². The minimum Gasteiger partial charge on any atom is -0.348 e. The van der Waals surface area contributed by atoms with Crippen LogP contribution in [-0.4, -0.2) is 31.7 Å². The summed E-state index contributed by atoms with van der Waals surface area (Å²) >= 11 is 7.16. The van der Waals surface area contributed by atoms with Crippen molar-refractivity contribution in [3.8, 4) is 11.3 Å². The Morgan fingerprint density at radius 1 is 1.10 bits per heavy atom. The average molecular weight is 455 g/mol. The molecule has 1 aliphatic heterocycles. The molecule has 4 rings (SSSR count). The SMILES string of the molecule is O=S(=O)(c1cccc(F)c1)C1CCN(c2nc(-c3ccc(Cl)c(F)c3)cs2)CC1. The number of thiazole rings is 1. The van der Waals surface area contributed by atoms with Gasteiger partial charge in [0.1, 0.15) is 11.6 Å². The summed E-state index contributed by atoms with van der Waals surface area (Å²) in [5.74, 6) is -1.06. The largest absolute Gasteiger partial charge is 0.348 e. The van der Waals surface area contributed by atoms with Crippen molar-refractivity contribution in [3.63, 3.8) is 0 Å². The molecule has 0 bridgehead atoms. The fraction of sp³-hybridized carbons (Fsp3) is 0.250. The number of hydrogen-bond donors (Lipinski definition) is 0. The molecule has 0 saturated carbocycles. The molecular formula is C20H17ClF2N2O2S2. The molecule has 1 fully saturated rings. The fourth-order valence-electron chi connectivity index (χ4n) is 3.39. The minimum atomic E-state index is -3.57. The van der Waals surface area contributed by atoms with Gasteiger partial charge < -0.3 is 4.90 Å². The van der Waals surface area contributed by atoms with Crippen LogP contribution in [0.25, 0.3) is 11.3 Å². The molecule has 9 heteroatoms. The first-order valence-electron chi connectivity index (χ1n) is 9.00. The van der Waals surface area contributed by atoms with Gasteiger partial charge in [-0.3, -0.25) is 0 Å². The quantitative estimate of drug-likeness (QED) is 0.544. The van der Waals surface area contributed by atoms with Crippen LogP contribution in [0, 0.1) is 11.6 Å². The third kappa shape index (κ3) is 4.15. The number of anilines is 1. The van der Waals surface area contributed by atoms with E-state index in [0.717, 1.165) is 11.2 Å². The maximum atomic E-state index is 13.7. The van der Waals surface area contributed by atoms with Gasteiger partial charge in [0.2, 0.25) is 0 Å². The summed E-state index contributed by atoms with van der Waals surface area (Å²) in [6.45, 7) is 1.06. The van der Waals surface area contributed by atoms with Gasteiger partial charge >= 0.3 is 0 Å². The summed E-state index contributed by atoms with van der Waals surface area (Å²) in [7, 11) is -3.57. The predicted molar refractivity (Wildman–Crippen MR) is 111 cm³/mol. The molecular weight excluding hydrogens is 438 g/mol. The molecule has 2 aromatic carbocycles. The van der Waals surface area contributed by atoms with E-state index in [4.69, 9.17) is 11.6 Å². The molecule has 4 nitrogen and oxygen atoms in total. The summed E-state index contributed by atoms with van der Waals surface area (Å²) in [6, 6.07) is 9.69. The highest BCUT2D eigenvalue weighted by Gasteiger charge is 2.32. The van der Waals surface area contributed by atoms with Crippen LogP contribution in [0.3, 0.4) is 0 Å². The smallest absolute Gasteiger partial charge is 0.185 e. The lowest BCUT2D eigenvalue weighted by molar-refractivity contribution is 0.528. The molecule has 1 aromatic heterocycles. The molecule has 1 aliphatic rings. The van der Waals surface area contributed by atoms with Gasteiger partial charge in [-0.1, -0.05) is 23.7 Å². The van der Waals surface area contributed by atoms with Crippen molar-refractivity contribution in [2.75, 3.05) is 18.0 Å². The van der Waals surface area contributed by atoms with Crippen LogP contribution < -0.4 is 4.90 Å². The van der Waals surface area contributed by atoms with Crippen molar-refractivity contribution in [2.24, 2.45) is 0 Å². The first-order chi connectivity index (χ1) is 13.8. The monoisotopic (exact) mass is 454 g/mol. The zero-order chi connectivity index (χ0) is 20.6. The van der Waals surface area contributed by atoms with Crippen LogP contribution >= 0.6 is 22.9 Å². The molecule has 0 aliphatic carbocycles. The van der Waals surface area contributed by atoms with Crippen molar-refractivity contribution in [1.82, 2.24) is 4.98 Å². The lowest BCUT2D eigenvalue weighted by Crippen LogP contribution is -2.39. The molecule has 0 unspecified atom stereocenters. The van der Waals surface area contributed by atoms with Crippen molar-refractivity contribution in [3.05, 3.63) is 64.5 Å². The number of rotatable bonds is 4. The van der Waals surface area contributed by atoms with Crippen LogP contribution in [0.5, 0.6) is 0 Å². The van der Waals surface area contributed by atoms with Crippen LogP contribution in [0.1, 0.15) is 12.8 Å². The van der Waals surface area contributed by atoms with E-state index in [2.05, 4.69) is 4.98 Å². The lowest BCUT2D eigenvalue weighted by Gasteiger charge is -2.31. The van der Waals surface area contributed by atoms with E-state index in [1.807, 2.05) is 10.3 Å². The van der Waals surface area contributed by atoms with Crippen LogP contribution in [0.15, 0.2) is 52.7 Å². The number of hydrogen-bond acceptors (Lipinski definition) is 5. The Balaban J connectivity index is 1.46. The topological polar surface area (TPSA) is 50.3 Å². The van der Waals surface area contributed by atoms with Gasteiger partial charge in [0.25, 0.3) is 0 Å². The second kappa shape index (κ2) is 8.01. The summed E-state index contributed by atoms with van der Waals surface area (Å²) in [4.78, 5) is 6.62. The Kier molecular flexibility index (Phi) is 5.59. The lowest BCUT2D eigenvalue weighted by atomic mass is 10.1. The molecule has 0 amide bonds. The number of halogens is 3. The molecule has 0 N–H and O–H groups in total. The third-order valence-corrected chi connectivity index (χ3v) is 8.45. The van der Waals surface area contributed by atoms with Crippen LogP contribution in [0.4, 0.5) is 13.9 Å². The second-order valence-corrected chi connectivity index (χ2v) is 10.3. The summed E-state index contributed by atoms with van der Waals surface area (Å²) < 4.78 is 52.7. The molecule has 2 heterocycles. The van der Waals surface area contributed by atoms with E-state index < -0.39 is 26.7 Å². The first kappa shape index (κ1) is 20.3. The Bertz CT molecular complexity index is 1140. The number of nitrogens with zero attached hydrogens (tertiary/aromatic N) is 2.